The van der Waals surface area contributed by atoms with Gasteiger partial charge in [-0.2, -0.15) is 0 Å². The standard InChI is InChI=1S/C60H111NO5/c1-4-7-10-13-16-19-22-24-26-28-29-31-33-35-38-41-44-47-50-53-60(65)66-56(51-48-45-42-39-36-21-18-15-12-9-6-3)54-59(64)61-57(55-62)58(63)52-49-46-43-40-37-34-32-30-27-25-23-20-17-14-11-8-5-2/h16,19,24,26,29,31,39,42,56-58,62-63H,4-15,17-18,20-23,25,27-28,30,32-38,40-41,43-55H2,1-3H3,(H,61,64)/b19-16-,26-24-,31-29-,42-39-. The lowest BCUT2D eigenvalue weighted by Crippen LogP contribution is -2.46. The molecule has 3 N–H and O–H groups in total. The summed E-state index contributed by atoms with van der Waals surface area (Å²) in [6, 6.07) is -0.713. The van der Waals surface area contributed by atoms with Crippen LogP contribution in [-0.2, 0) is 14.3 Å². The molecule has 0 saturated heterocycles. The van der Waals surface area contributed by atoms with Gasteiger partial charge in [0.25, 0.3) is 0 Å². The first-order chi connectivity index (χ1) is 32.5. The van der Waals surface area contributed by atoms with Crippen LogP contribution in [0.15, 0.2) is 48.6 Å². The van der Waals surface area contributed by atoms with Crippen molar-refractivity contribution in [2.75, 3.05) is 6.61 Å². The Hall–Kier alpha value is -2.18. The molecule has 0 heterocycles. The average molecular weight is 927 g/mol. The molecule has 0 spiro atoms. The van der Waals surface area contributed by atoms with Gasteiger partial charge in [0.1, 0.15) is 6.10 Å². The molecule has 0 bridgehead atoms. The zero-order valence-corrected chi connectivity index (χ0v) is 44.1. The number of carbonyl (C=O) groups is 2. The van der Waals surface area contributed by atoms with Crippen molar-refractivity contribution in [3.8, 4) is 0 Å². The molecule has 1 amide bonds. The largest absolute Gasteiger partial charge is 0.462 e. The van der Waals surface area contributed by atoms with Gasteiger partial charge in [0.2, 0.25) is 5.91 Å². The van der Waals surface area contributed by atoms with Crippen LogP contribution in [0.3, 0.4) is 0 Å². The van der Waals surface area contributed by atoms with Gasteiger partial charge >= 0.3 is 5.97 Å². The van der Waals surface area contributed by atoms with Gasteiger partial charge in [-0.3, -0.25) is 9.59 Å². The van der Waals surface area contributed by atoms with Gasteiger partial charge in [-0.25, -0.2) is 0 Å². The number of aliphatic hydroxyl groups is 2. The zero-order chi connectivity index (χ0) is 48.1. The van der Waals surface area contributed by atoms with E-state index in [2.05, 4.69) is 74.7 Å². The van der Waals surface area contributed by atoms with Crippen LogP contribution in [0.5, 0.6) is 0 Å². The summed E-state index contributed by atoms with van der Waals surface area (Å²) in [7, 11) is 0. The molecule has 0 rings (SSSR count). The normalized spacial score (nSPS) is 13.5. The molecule has 0 saturated carbocycles. The second-order valence-electron chi connectivity index (χ2n) is 19.7. The highest BCUT2D eigenvalue weighted by Crippen LogP contribution is 2.18. The van der Waals surface area contributed by atoms with E-state index in [-0.39, 0.29) is 24.9 Å². The van der Waals surface area contributed by atoms with Gasteiger partial charge in [0.15, 0.2) is 0 Å². The van der Waals surface area contributed by atoms with Gasteiger partial charge in [-0.1, -0.05) is 249 Å². The number of hydrogen-bond acceptors (Lipinski definition) is 5. The van der Waals surface area contributed by atoms with Gasteiger partial charge in [-0.15, -0.1) is 0 Å². The van der Waals surface area contributed by atoms with E-state index in [4.69, 9.17) is 4.74 Å². The molecule has 6 nitrogen and oxygen atoms in total. The molecule has 3 atom stereocenters. The first-order valence-electron chi connectivity index (χ1n) is 28.9. The summed E-state index contributed by atoms with van der Waals surface area (Å²) in [5, 5.41) is 23.9. The monoisotopic (exact) mass is 926 g/mol. The molecular formula is C60H111NO5. The minimum Gasteiger partial charge on any atom is -0.462 e. The molecule has 0 aliphatic heterocycles. The summed E-state index contributed by atoms with van der Waals surface area (Å²) < 4.78 is 5.93. The molecule has 0 aromatic rings. The number of esters is 1. The van der Waals surface area contributed by atoms with Crippen molar-refractivity contribution in [3.05, 3.63) is 48.6 Å². The lowest BCUT2D eigenvalue weighted by molar-refractivity contribution is -0.151. The minimum atomic E-state index is -0.797. The molecule has 0 radical (unpaired) electrons. The van der Waals surface area contributed by atoms with Crippen molar-refractivity contribution in [3.63, 3.8) is 0 Å². The molecule has 0 fully saturated rings. The third kappa shape index (κ3) is 48.3. The van der Waals surface area contributed by atoms with Gasteiger partial charge in [0.05, 0.1) is 25.2 Å². The molecular weight excluding hydrogens is 815 g/mol. The summed E-state index contributed by atoms with van der Waals surface area (Å²) in [5.74, 6) is -0.509. The molecule has 3 unspecified atom stereocenters. The topological polar surface area (TPSA) is 95.9 Å². The minimum absolute atomic E-state index is 0.0524. The summed E-state index contributed by atoms with van der Waals surface area (Å²) in [6.45, 7) is 6.46. The zero-order valence-electron chi connectivity index (χ0n) is 44.1. The molecule has 0 aromatic heterocycles. The Morgan fingerprint density at radius 3 is 1.24 bits per heavy atom. The van der Waals surface area contributed by atoms with E-state index < -0.39 is 18.2 Å². The van der Waals surface area contributed by atoms with Crippen LogP contribution in [0.4, 0.5) is 0 Å². The second-order valence-corrected chi connectivity index (χ2v) is 19.7. The summed E-state index contributed by atoms with van der Waals surface area (Å²) in [4.78, 5) is 26.2. The van der Waals surface area contributed by atoms with Crippen molar-refractivity contribution in [2.45, 2.75) is 315 Å². The fraction of sp³-hybridized carbons (Fsp3) is 0.833. The van der Waals surface area contributed by atoms with Crippen LogP contribution in [-0.4, -0.2) is 46.9 Å². The Kier molecular flexibility index (Phi) is 52.0. The third-order valence-electron chi connectivity index (χ3n) is 13.1. The number of aliphatic hydroxyl groups excluding tert-OH is 2. The van der Waals surface area contributed by atoms with E-state index in [0.717, 1.165) is 77.0 Å². The van der Waals surface area contributed by atoms with Crippen LogP contribution in [0, 0.1) is 0 Å². The van der Waals surface area contributed by atoms with E-state index in [1.165, 1.54) is 173 Å². The van der Waals surface area contributed by atoms with Crippen LogP contribution in [0.25, 0.3) is 0 Å². The number of carbonyl (C=O) groups excluding carboxylic acids is 2. The summed E-state index contributed by atoms with van der Waals surface area (Å²) >= 11 is 0. The van der Waals surface area contributed by atoms with Gasteiger partial charge < -0.3 is 20.3 Å². The summed E-state index contributed by atoms with van der Waals surface area (Å²) in [5.41, 5.74) is 0. The van der Waals surface area contributed by atoms with Crippen LogP contribution < -0.4 is 5.32 Å². The Bertz CT molecular complexity index is 1130. The maximum atomic E-state index is 13.2. The van der Waals surface area contributed by atoms with Gasteiger partial charge in [0, 0.05) is 6.42 Å². The SMILES string of the molecule is CCCCC/C=C\C/C=C\C/C=C\CCCCCCCCC(=O)OC(CCC/C=C\CCCCCCCC)CC(=O)NC(CO)C(O)CCCCCCCCCCCCCCCCCCC. The Labute approximate surface area is 410 Å². The molecule has 0 aliphatic carbocycles. The van der Waals surface area contributed by atoms with Gasteiger partial charge in [-0.05, 0) is 83.5 Å². The Morgan fingerprint density at radius 1 is 0.439 bits per heavy atom. The number of amides is 1. The highest BCUT2D eigenvalue weighted by molar-refractivity contribution is 5.77. The second kappa shape index (κ2) is 53.8. The van der Waals surface area contributed by atoms with E-state index in [1.54, 1.807) is 0 Å². The average Bonchev–Trinajstić information content (AvgIpc) is 3.31. The van der Waals surface area contributed by atoms with E-state index >= 15 is 0 Å². The van der Waals surface area contributed by atoms with E-state index in [0.29, 0.717) is 19.3 Å². The molecule has 66 heavy (non-hydrogen) atoms. The fourth-order valence-electron chi connectivity index (χ4n) is 8.73. The van der Waals surface area contributed by atoms with Crippen molar-refractivity contribution in [2.24, 2.45) is 0 Å². The predicted octanol–water partition coefficient (Wildman–Crippen LogP) is 17.8. The van der Waals surface area contributed by atoms with E-state index in [1.807, 2.05) is 0 Å². The number of unbranched alkanes of at least 4 members (excludes halogenated alkanes) is 32. The molecule has 6 heteroatoms. The van der Waals surface area contributed by atoms with Crippen molar-refractivity contribution >= 4 is 11.9 Å². The maximum absolute atomic E-state index is 13.2. The summed E-state index contributed by atoms with van der Waals surface area (Å²) in [6.07, 6.45) is 66.1. The number of hydrogen-bond donors (Lipinski definition) is 3. The Morgan fingerprint density at radius 2 is 0.788 bits per heavy atom. The van der Waals surface area contributed by atoms with Crippen LogP contribution in [0.1, 0.15) is 297 Å². The predicted molar refractivity (Wildman–Crippen MR) is 287 cm³/mol. The molecule has 386 valence electrons. The number of rotatable bonds is 52. The number of ether oxygens (including phenoxy) is 1. The van der Waals surface area contributed by atoms with Crippen LogP contribution >= 0.6 is 0 Å². The quantitative estimate of drug-likeness (QED) is 0.0321. The highest BCUT2D eigenvalue weighted by Gasteiger charge is 2.24. The lowest BCUT2D eigenvalue weighted by Gasteiger charge is -2.24. The fourth-order valence-corrected chi connectivity index (χ4v) is 8.73. The lowest BCUT2D eigenvalue weighted by atomic mass is 10.0. The number of nitrogens with one attached hydrogen (secondary N) is 1. The van der Waals surface area contributed by atoms with Crippen molar-refractivity contribution in [1.29, 1.82) is 0 Å². The Balaban J connectivity index is 4.48. The third-order valence-corrected chi connectivity index (χ3v) is 13.1. The van der Waals surface area contributed by atoms with E-state index in [9.17, 15) is 19.8 Å². The highest BCUT2D eigenvalue weighted by atomic mass is 16.5. The van der Waals surface area contributed by atoms with Crippen LogP contribution in [0.2, 0.25) is 0 Å². The maximum Gasteiger partial charge on any atom is 0.306 e. The molecule has 0 aromatic carbocycles. The van der Waals surface area contributed by atoms with Crippen molar-refractivity contribution < 1.29 is 24.5 Å². The smallest absolute Gasteiger partial charge is 0.306 e. The molecule has 0 aliphatic rings. The number of allylic oxidation sites excluding steroid dienone is 8. The first-order valence-corrected chi connectivity index (χ1v) is 28.9. The van der Waals surface area contributed by atoms with Crippen molar-refractivity contribution in [1.82, 2.24) is 5.32 Å². The first kappa shape index (κ1) is 63.8.